The number of rotatable bonds is 3. The van der Waals surface area contributed by atoms with Crippen LogP contribution in [0.15, 0.2) is 18.2 Å². The smallest absolute Gasteiger partial charge is 0.316 e. The Hall–Kier alpha value is -0.730. The van der Waals surface area contributed by atoms with Gasteiger partial charge in [0.2, 0.25) is 0 Å². The van der Waals surface area contributed by atoms with Crippen molar-refractivity contribution < 1.29 is 9.53 Å². The summed E-state index contributed by atoms with van der Waals surface area (Å²) in [5.41, 5.74) is 0.435. The minimum Gasteiger partial charge on any atom is -0.465 e. The van der Waals surface area contributed by atoms with Gasteiger partial charge in [0.15, 0.2) is 0 Å². The molecule has 1 aromatic carbocycles. The summed E-state index contributed by atoms with van der Waals surface area (Å²) in [6.45, 7) is 2.21. The summed E-state index contributed by atoms with van der Waals surface area (Å²) in [5, 5.41) is 0.986. The quantitative estimate of drug-likeness (QED) is 0.775. The molecule has 0 heterocycles. The van der Waals surface area contributed by atoms with Gasteiger partial charge in [-0.05, 0) is 37.5 Å². The standard InChI is InChI=1S/C12H12Cl2O2/c1-2-16-11(15)12(5-6-12)8-3-4-9(13)10(14)7-8/h3-4,7H,2,5-6H2,1H3. The van der Waals surface area contributed by atoms with Crippen LogP contribution in [-0.2, 0) is 14.9 Å². The molecule has 0 atom stereocenters. The van der Waals surface area contributed by atoms with Crippen LogP contribution in [0.3, 0.4) is 0 Å². The number of esters is 1. The molecule has 0 aromatic heterocycles. The zero-order valence-electron chi connectivity index (χ0n) is 8.93. The van der Waals surface area contributed by atoms with Gasteiger partial charge in [-0.1, -0.05) is 29.3 Å². The Morgan fingerprint density at radius 1 is 1.38 bits per heavy atom. The Kier molecular flexibility index (Phi) is 3.13. The topological polar surface area (TPSA) is 26.3 Å². The monoisotopic (exact) mass is 258 g/mol. The first kappa shape index (κ1) is 11.7. The Morgan fingerprint density at radius 2 is 2.06 bits per heavy atom. The van der Waals surface area contributed by atoms with Crippen molar-refractivity contribution in [2.75, 3.05) is 6.61 Å². The van der Waals surface area contributed by atoms with Gasteiger partial charge in [0.05, 0.1) is 22.1 Å². The highest BCUT2D eigenvalue weighted by Gasteiger charge is 2.52. The normalized spacial score (nSPS) is 16.9. The molecule has 1 fully saturated rings. The molecule has 0 N–H and O–H groups in total. The molecule has 1 saturated carbocycles. The number of carbonyl (C=O) groups excluding carboxylic acids is 1. The van der Waals surface area contributed by atoms with E-state index < -0.39 is 5.41 Å². The Balaban J connectivity index is 2.30. The predicted molar refractivity (Wildman–Crippen MR) is 64.0 cm³/mol. The maximum absolute atomic E-state index is 11.8. The highest BCUT2D eigenvalue weighted by Crippen LogP contribution is 2.50. The largest absolute Gasteiger partial charge is 0.465 e. The average molecular weight is 259 g/mol. The molecule has 4 heteroatoms. The van der Waals surface area contributed by atoms with Crippen molar-refractivity contribution in [3.05, 3.63) is 33.8 Å². The molecule has 0 amide bonds. The molecule has 86 valence electrons. The van der Waals surface area contributed by atoms with Gasteiger partial charge in [0.1, 0.15) is 0 Å². The maximum Gasteiger partial charge on any atom is 0.316 e. The Labute approximate surface area is 104 Å². The molecule has 1 aliphatic rings. The number of benzene rings is 1. The van der Waals surface area contributed by atoms with E-state index in [1.807, 2.05) is 13.0 Å². The Morgan fingerprint density at radius 3 is 2.56 bits per heavy atom. The van der Waals surface area contributed by atoms with Gasteiger partial charge in [-0.2, -0.15) is 0 Å². The van der Waals surface area contributed by atoms with E-state index in [9.17, 15) is 4.79 Å². The van der Waals surface area contributed by atoms with Gasteiger partial charge in [-0.3, -0.25) is 4.79 Å². The van der Waals surface area contributed by atoms with Crippen LogP contribution in [-0.4, -0.2) is 12.6 Å². The van der Waals surface area contributed by atoms with Gasteiger partial charge in [-0.15, -0.1) is 0 Å². The minimum absolute atomic E-state index is 0.159. The molecular weight excluding hydrogens is 247 g/mol. The molecular formula is C12H12Cl2O2. The van der Waals surface area contributed by atoms with Crippen LogP contribution in [0.4, 0.5) is 0 Å². The maximum atomic E-state index is 11.8. The van der Waals surface area contributed by atoms with Crippen LogP contribution in [0, 0.1) is 0 Å². The van der Waals surface area contributed by atoms with Crippen molar-refractivity contribution in [2.45, 2.75) is 25.2 Å². The molecule has 0 aliphatic heterocycles. The van der Waals surface area contributed by atoms with Crippen LogP contribution < -0.4 is 0 Å². The van der Waals surface area contributed by atoms with Gasteiger partial charge in [-0.25, -0.2) is 0 Å². The fourth-order valence-electron chi connectivity index (χ4n) is 1.80. The zero-order valence-corrected chi connectivity index (χ0v) is 10.4. The molecule has 0 radical (unpaired) electrons. The van der Waals surface area contributed by atoms with Crippen LogP contribution >= 0.6 is 23.2 Å². The van der Waals surface area contributed by atoms with Crippen molar-refractivity contribution in [1.82, 2.24) is 0 Å². The van der Waals surface area contributed by atoms with Crippen molar-refractivity contribution in [3.8, 4) is 0 Å². The third-order valence-electron chi connectivity index (χ3n) is 2.89. The van der Waals surface area contributed by atoms with Crippen molar-refractivity contribution in [1.29, 1.82) is 0 Å². The van der Waals surface area contributed by atoms with Crippen molar-refractivity contribution >= 4 is 29.2 Å². The lowest BCUT2D eigenvalue weighted by Crippen LogP contribution is -2.23. The molecule has 2 rings (SSSR count). The van der Waals surface area contributed by atoms with E-state index in [-0.39, 0.29) is 5.97 Å². The number of halogens is 2. The first-order valence-electron chi connectivity index (χ1n) is 5.23. The SMILES string of the molecule is CCOC(=O)C1(c2ccc(Cl)c(Cl)c2)CC1. The van der Waals surface area contributed by atoms with E-state index in [1.54, 1.807) is 12.1 Å². The summed E-state index contributed by atoms with van der Waals surface area (Å²) in [4.78, 5) is 11.8. The number of ether oxygens (including phenoxy) is 1. The first-order chi connectivity index (χ1) is 7.60. The molecule has 0 bridgehead atoms. The predicted octanol–water partition coefficient (Wildman–Crippen LogP) is 3.59. The highest BCUT2D eigenvalue weighted by atomic mass is 35.5. The van der Waals surface area contributed by atoms with Gasteiger partial charge in [0, 0.05) is 0 Å². The molecule has 0 unspecified atom stereocenters. The van der Waals surface area contributed by atoms with Gasteiger partial charge in [0.25, 0.3) is 0 Å². The molecule has 0 spiro atoms. The minimum atomic E-state index is -0.468. The van der Waals surface area contributed by atoms with Crippen molar-refractivity contribution in [3.63, 3.8) is 0 Å². The van der Waals surface area contributed by atoms with Crippen LogP contribution in [0.1, 0.15) is 25.3 Å². The van der Waals surface area contributed by atoms with E-state index in [0.717, 1.165) is 18.4 Å². The number of hydrogen-bond acceptors (Lipinski definition) is 2. The number of hydrogen-bond donors (Lipinski definition) is 0. The molecule has 2 nitrogen and oxygen atoms in total. The summed E-state index contributed by atoms with van der Waals surface area (Å²) < 4.78 is 5.08. The highest BCUT2D eigenvalue weighted by molar-refractivity contribution is 6.42. The lowest BCUT2D eigenvalue weighted by atomic mass is 9.96. The Bertz CT molecular complexity index is 425. The average Bonchev–Trinajstić information content (AvgIpc) is 3.03. The van der Waals surface area contributed by atoms with Gasteiger partial charge >= 0.3 is 5.97 Å². The van der Waals surface area contributed by atoms with Crippen LogP contribution in [0.25, 0.3) is 0 Å². The second-order valence-corrected chi connectivity index (χ2v) is 4.75. The second kappa shape index (κ2) is 4.27. The van der Waals surface area contributed by atoms with E-state index in [4.69, 9.17) is 27.9 Å². The molecule has 1 aliphatic carbocycles. The van der Waals surface area contributed by atoms with E-state index in [0.29, 0.717) is 16.7 Å². The van der Waals surface area contributed by atoms with E-state index >= 15 is 0 Å². The van der Waals surface area contributed by atoms with E-state index in [1.165, 1.54) is 0 Å². The summed E-state index contributed by atoms with van der Waals surface area (Å²) in [5.74, 6) is -0.159. The summed E-state index contributed by atoms with van der Waals surface area (Å²) in [6.07, 6.45) is 1.65. The fraction of sp³-hybridized carbons (Fsp3) is 0.417. The lowest BCUT2D eigenvalue weighted by Gasteiger charge is -2.14. The van der Waals surface area contributed by atoms with Gasteiger partial charge < -0.3 is 4.74 Å². The third kappa shape index (κ3) is 1.92. The zero-order chi connectivity index (χ0) is 11.8. The summed E-state index contributed by atoms with van der Waals surface area (Å²) in [7, 11) is 0. The lowest BCUT2D eigenvalue weighted by molar-refractivity contribution is -0.146. The number of carbonyl (C=O) groups is 1. The molecule has 16 heavy (non-hydrogen) atoms. The van der Waals surface area contributed by atoms with Crippen LogP contribution in [0.2, 0.25) is 10.0 Å². The third-order valence-corrected chi connectivity index (χ3v) is 3.63. The first-order valence-corrected chi connectivity index (χ1v) is 5.98. The fourth-order valence-corrected chi connectivity index (χ4v) is 2.10. The van der Waals surface area contributed by atoms with Crippen molar-refractivity contribution in [2.24, 2.45) is 0 Å². The molecule has 0 saturated heterocycles. The van der Waals surface area contributed by atoms with Crippen LogP contribution in [0.5, 0.6) is 0 Å². The summed E-state index contributed by atoms with van der Waals surface area (Å²) >= 11 is 11.8. The summed E-state index contributed by atoms with van der Waals surface area (Å²) in [6, 6.07) is 5.32. The molecule has 1 aromatic rings. The van der Waals surface area contributed by atoms with E-state index in [2.05, 4.69) is 0 Å². The second-order valence-electron chi connectivity index (χ2n) is 3.93.